The van der Waals surface area contributed by atoms with Crippen molar-refractivity contribution in [2.24, 2.45) is 15.0 Å². The molecule has 3 radical (unpaired) electrons. The van der Waals surface area contributed by atoms with Crippen molar-refractivity contribution in [3.63, 3.8) is 0 Å². The van der Waals surface area contributed by atoms with Crippen molar-refractivity contribution in [2.45, 2.75) is 78.9 Å². The number of aryl methyl sites for hydroxylation is 4. The average molecular weight is 1440 g/mol. The second kappa shape index (κ2) is 31.3. The largest absolute Gasteiger partial charge is 0.542 e. The average Bonchev–Trinajstić information content (AvgIpc) is 1.70. The predicted molar refractivity (Wildman–Crippen MR) is 329 cm³/mol. The molecule has 3 aliphatic rings. The van der Waals surface area contributed by atoms with Crippen LogP contribution in [0.25, 0.3) is 17.1 Å². The Hall–Kier alpha value is -6.77. The van der Waals surface area contributed by atoms with E-state index in [9.17, 15) is 19.5 Å². The summed E-state index contributed by atoms with van der Waals surface area (Å²) in [6.45, 7) is 16.5. The molecule has 12 rings (SSSR count). The van der Waals surface area contributed by atoms with Crippen LogP contribution in [-0.4, -0.2) is 112 Å². The Kier molecular flexibility index (Phi) is 24.5. The number of aliphatic imine (C=N–C) groups is 3. The first-order chi connectivity index (χ1) is 41.6. The number of aromatic hydroxyl groups is 1. The van der Waals surface area contributed by atoms with Gasteiger partial charge in [0.1, 0.15) is 46.8 Å². The Labute approximate surface area is 597 Å². The van der Waals surface area contributed by atoms with Gasteiger partial charge >= 0.3 is 0 Å². The molecule has 3 N–H and O–H groups in total. The van der Waals surface area contributed by atoms with Gasteiger partial charge in [-0.3, -0.25) is 44.6 Å². The zero-order valence-electron chi connectivity index (χ0n) is 50.6. The Morgan fingerprint density at radius 2 is 0.910 bits per heavy atom. The van der Waals surface area contributed by atoms with Crippen LogP contribution < -0.4 is 20.1 Å². The first-order valence-corrected chi connectivity index (χ1v) is 28.3. The third-order valence-corrected chi connectivity index (χ3v) is 14.9. The number of phenols is 1. The number of nitrogens with one attached hydrogen (secondary N) is 2. The maximum atomic E-state index is 12.4. The van der Waals surface area contributed by atoms with Crippen molar-refractivity contribution in [2.75, 3.05) is 27.3 Å². The standard InChI is InChI=1S/C23H24N5O2.C21H20ClN5O2.C21H19N4O2.3Y/c1-5-24-21(29)13-19-23-27-26-15(3)28(23)20-11-10-17(30-4)12-18(20)22(25-19)16-8-6-14(2)7-9-16;1-3-23-19(29)11-17-21-26-25-12(2)27(21)18-9-8-15(28)10-16(18)20(24-17)13-4-6-14(22)7-5-13;1-13-4-6-15(7-5-13)20-17-12-16(27-3)8-9-19(17)25-14(2)23-24-21(25)18(22-20)10-11-26;;;/h6-12,19H,2,5,13H2,1,3-4H3,(H,24,29);4-10,17,28H,3,11H2,1-2H3,(H,23,29);4-9,12,18H,10H2,1-3H3;;;/q-1;;-1;;;/t19-;17-;18-;;;/m000.../s1. The van der Waals surface area contributed by atoms with Gasteiger partial charge in [-0.1, -0.05) is 53.6 Å². The smallest absolute Gasteiger partial charge is 0.222 e. The number of benzene rings is 6. The Bertz CT molecular complexity index is 4110. The number of carbonyl (C=O) groups excluding carboxylic acids is 3. The van der Waals surface area contributed by atoms with Crippen molar-refractivity contribution in [1.82, 2.24) is 54.9 Å². The Balaban J connectivity index is 0.000000187. The van der Waals surface area contributed by atoms with E-state index in [1.165, 1.54) is 5.56 Å². The fourth-order valence-corrected chi connectivity index (χ4v) is 10.7. The molecule has 89 heavy (non-hydrogen) atoms. The molecule has 9 aromatic rings. The summed E-state index contributed by atoms with van der Waals surface area (Å²) in [6, 6.07) is 38.7. The molecule has 0 bridgehead atoms. The SMILES string of the molecule is CCNC(=O)C[C@@H]1N=C(c2ccc(Cl)cc2)c2cc(O)ccc2-n2c(C)nnc21.COc1ccc2c(c1)C(c1ccc(C)cc1)=N[C@@H](C[C-]=O)c1nnc(C)n1-2.[CH2-]c1ccc(C2=N[C@@H](CC(=O)NCC)c3nnc(C)n3-c3ccc(OC)cc32)cc1.[Y].[Y].[Y]. The maximum Gasteiger partial charge on any atom is 0.222 e. The van der Waals surface area contributed by atoms with Gasteiger partial charge in [-0.2, -0.15) is 24.6 Å². The molecule has 2 amide bonds. The van der Waals surface area contributed by atoms with Crippen LogP contribution in [0.2, 0.25) is 5.02 Å². The molecular weight excluding hydrogens is 1370 g/mol. The van der Waals surface area contributed by atoms with E-state index in [1.807, 2.05) is 153 Å². The van der Waals surface area contributed by atoms with Gasteiger partial charge in [0.15, 0.2) is 17.5 Å². The normalized spacial score (nSPS) is 14.6. The number of fused-ring (bicyclic) bond motifs is 9. The van der Waals surface area contributed by atoms with Crippen LogP contribution in [0, 0.1) is 34.6 Å². The number of phenolic OH excluding ortho intramolecular Hbond substituents is 1. The summed E-state index contributed by atoms with van der Waals surface area (Å²) in [5.74, 6) is 5.44. The minimum Gasteiger partial charge on any atom is -0.542 e. The molecule has 6 aromatic carbocycles. The molecule has 0 saturated heterocycles. The van der Waals surface area contributed by atoms with Gasteiger partial charge in [-0.05, 0) is 114 Å². The molecule has 0 aliphatic carbocycles. The molecule has 3 atom stereocenters. The summed E-state index contributed by atoms with van der Waals surface area (Å²) >= 11 is 6.06. The number of halogens is 1. The summed E-state index contributed by atoms with van der Waals surface area (Å²) in [7, 11) is 3.28. The van der Waals surface area contributed by atoms with Crippen molar-refractivity contribution in [1.29, 1.82) is 0 Å². The number of ether oxygens (including phenoxy) is 2. The molecule has 447 valence electrons. The second-order valence-electron chi connectivity index (χ2n) is 20.5. The van der Waals surface area contributed by atoms with E-state index in [-0.39, 0.29) is 135 Å². The topological polar surface area (TPSA) is 243 Å². The van der Waals surface area contributed by atoms with Crippen LogP contribution in [0.4, 0.5) is 0 Å². The first kappa shape index (κ1) is 69.7. The van der Waals surface area contributed by atoms with Gasteiger partial charge in [0.2, 0.25) is 11.8 Å². The molecule has 0 unspecified atom stereocenters. The van der Waals surface area contributed by atoms with Crippen molar-refractivity contribution in [3.8, 4) is 34.3 Å². The third kappa shape index (κ3) is 15.4. The van der Waals surface area contributed by atoms with E-state index in [0.717, 1.165) is 90.6 Å². The van der Waals surface area contributed by atoms with Gasteiger partial charge in [-0.15, -0.1) is 49.1 Å². The third-order valence-electron chi connectivity index (χ3n) is 14.6. The van der Waals surface area contributed by atoms with Gasteiger partial charge < -0.3 is 30.0 Å². The van der Waals surface area contributed by atoms with Gasteiger partial charge in [0, 0.05) is 144 Å². The number of rotatable bonds is 13. The van der Waals surface area contributed by atoms with Crippen LogP contribution in [0.1, 0.15) is 131 Å². The van der Waals surface area contributed by atoms with E-state index in [2.05, 4.69) is 60.3 Å². The number of amides is 2. The number of carbonyl (C=O) groups is 2. The number of methoxy groups -OCH3 is 2. The van der Waals surface area contributed by atoms with Crippen molar-refractivity contribution in [3.05, 3.63) is 219 Å². The number of aromatic nitrogens is 9. The zero-order valence-corrected chi connectivity index (χ0v) is 59.8. The maximum absolute atomic E-state index is 12.4. The van der Waals surface area contributed by atoms with Crippen LogP contribution in [-0.2, 0) is 113 Å². The van der Waals surface area contributed by atoms with Crippen LogP contribution in [0.5, 0.6) is 17.2 Å². The van der Waals surface area contributed by atoms with E-state index in [1.54, 1.807) is 38.5 Å². The summed E-state index contributed by atoms with van der Waals surface area (Å²) < 4.78 is 16.7. The molecule has 3 aliphatic heterocycles. The van der Waals surface area contributed by atoms with Crippen LogP contribution in [0.15, 0.2) is 142 Å². The van der Waals surface area contributed by atoms with E-state index in [4.69, 9.17) is 36.1 Å². The van der Waals surface area contributed by atoms with Crippen LogP contribution >= 0.6 is 11.6 Å². The zero-order chi connectivity index (χ0) is 60.8. The summed E-state index contributed by atoms with van der Waals surface area (Å²) in [5.41, 5.74) is 12.2. The van der Waals surface area contributed by atoms with Gasteiger partial charge in [0.25, 0.3) is 0 Å². The molecule has 24 heteroatoms. The van der Waals surface area contributed by atoms with Gasteiger partial charge in [-0.25, -0.2) is 0 Å². The summed E-state index contributed by atoms with van der Waals surface area (Å²) in [4.78, 5) is 50.8. The second-order valence-corrected chi connectivity index (χ2v) is 20.9. The molecule has 20 nitrogen and oxygen atoms in total. The summed E-state index contributed by atoms with van der Waals surface area (Å²) in [6.07, 6.45) is 2.44. The Morgan fingerprint density at radius 1 is 0.539 bits per heavy atom. The molecule has 0 spiro atoms. The van der Waals surface area contributed by atoms with Gasteiger partial charge in [0.05, 0.1) is 67.3 Å². The van der Waals surface area contributed by atoms with Crippen molar-refractivity contribution >= 4 is 46.8 Å². The molecule has 6 heterocycles. The summed E-state index contributed by atoms with van der Waals surface area (Å²) in [5, 5.41) is 42.1. The minimum atomic E-state index is -0.525. The number of nitrogens with zero attached hydrogens (tertiary/aromatic N) is 12. The molecule has 3 aromatic heterocycles. The Morgan fingerprint density at radius 3 is 1.31 bits per heavy atom. The van der Waals surface area contributed by atoms with E-state index < -0.39 is 18.1 Å². The fourth-order valence-electron chi connectivity index (χ4n) is 10.5. The number of hydrogen-bond donors (Lipinski definition) is 3. The first-order valence-electron chi connectivity index (χ1n) is 28.0. The van der Waals surface area contributed by atoms with E-state index >= 15 is 0 Å². The number of hydrogen-bond acceptors (Lipinski definition) is 15. The monoisotopic (exact) mass is 1440 g/mol. The van der Waals surface area contributed by atoms with Crippen molar-refractivity contribution < 1.29 is 127 Å². The quantitative estimate of drug-likeness (QED) is 0.0914. The molecule has 0 saturated carbocycles. The molecular formula is C65H63ClN14O6Y3-2. The minimum absolute atomic E-state index is 0. The molecule has 0 fully saturated rings. The predicted octanol–water partition coefficient (Wildman–Crippen LogP) is 9.81. The van der Waals surface area contributed by atoms with Crippen LogP contribution in [0.3, 0.4) is 0 Å². The van der Waals surface area contributed by atoms with E-state index in [0.29, 0.717) is 47.1 Å². The fraction of sp³-hybridized carbons (Fsp3) is 0.246.